The predicted octanol–water partition coefficient (Wildman–Crippen LogP) is 6.36. The third kappa shape index (κ3) is 5.48. The van der Waals surface area contributed by atoms with E-state index in [-0.39, 0.29) is 24.3 Å². The van der Waals surface area contributed by atoms with Gasteiger partial charge in [-0.1, -0.05) is 41.9 Å². The summed E-state index contributed by atoms with van der Waals surface area (Å²) in [6, 6.07) is 8.20. The van der Waals surface area contributed by atoms with E-state index in [0.29, 0.717) is 11.1 Å². The molecule has 0 aliphatic heterocycles. The van der Waals surface area contributed by atoms with Crippen molar-refractivity contribution in [3.05, 3.63) is 70.3 Å². The van der Waals surface area contributed by atoms with Gasteiger partial charge in [-0.15, -0.1) is 0 Å². The van der Waals surface area contributed by atoms with Crippen molar-refractivity contribution >= 4 is 5.71 Å². The molecular weight excluding hydrogens is 372 g/mol. The van der Waals surface area contributed by atoms with Crippen LogP contribution in [0.4, 0.5) is 26.3 Å². The van der Waals surface area contributed by atoms with E-state index in [1.54, 1.807) is 19.9 Å². The van der Waals surface area contributed by atoms with Crippen molar-refractivity contribution in [2.75, 3.05) is 0 Å². The van der Waals surface area contributed by atoms with E-state index in [4.69, 9.17) is 4.84 Å². The molecule has 0 amide bonds. The number of benzene rings is 2. The van der Waals surface area contributed by atoms with Gasteiger partial charge in [-0.25, -0.2) is 0 Å². The normalized spacial score (nSPS) is 13.0. The fraction of sp³-hybridized carbons (Fsp3) is 0.316. The zero-order valence-electron chi connectivity index (χ0n) is 14.6. The molecule has 0 atom stereocenters. The van der Waals surface area contributed by atoms with Gasteiger partial charge in [0.15, 0.2) is 0 Å². The average Bonchev–Trinajstić information content (AvgIpc) is 2.58. The summed E-state index contributed by atoms with van der Waals surface area (Å²) < 4.78 is 77.4. The number of hydrogen-bond donors (Lipinski definition) is 0. The number of aryl methyl sites for hydroxylation is 1. The van der Waals surface area contributed by atoms with E-state index in [1.807, 2.05) is 0 Å². The molecule has 0 aliphatic rings. The largest absolute Gasteiger partial charge is 0.417 e. The highest BCUT2D eigenvalue weighted by Gasteiger charge is 2.34. The van der Waals surface area contributed by atoms with E-state index in [2.05, 4.69) is 5.16 Å². The molecule has 2 aromatic rings. The van der Waals surface area contributed by atoms with E-state index >= 15 is 0 Å². The highest BCUT2D eigenvalue weighted by molar-refractivity contribution is 6.01. The second-order valence-corrected chi connectivity index (χ2v) is 5.91. The summed E-state index contributed by atoms with van der Waals surface area (Å²) in [5.41, 5.74) is -0.689. The molecule has 0 radical (unpaired) electrons. The number of hydrogen-bond acceptors (Lipinski definition) is 2. The van der Waals surface area contributed by atoms with Crippen LogP contribution < -0.4 is 0 Å². The average molecular weight is 389 g/mol. The maximum Gasteiger partial charge on any atom is 0.417 e. The molecule has 2 aromatic carbocycles. The van der Waals surface area contributed by atoms with Crippen LogP contribution in [-0.2, 0) is 23.8 Å². The van der Waals surface area contributed by atoms with Gasteiger partial charge in [-0.05, 0) is 37.1 Å². The van der Waals surface area contributed by atoms with E-state index in [1.165, 1.54) is 18.2 Å². The topological polar surface area (TPSA) is 21.6 Å². The van der Waals surface area contributed by atoms with Gasteiger partial charge in [0.25, 0.3) is 0 Å². The lowest BCUT2D eigenvalue weighted by atomic mass is 9.99. The van der Waals surface area contributed by atoms with E-state index < -0.39 is 23.5 Å². The minimum absolute atomic E-state index is 0.0805. The summed E-state index contributed by atoms with van der Waals surface area (Å²) in [6.07, 6.45) is -8.78. The van der Waals surface area contributed by atoms with Crippen LogP contribution in [0.3, 0.4) is 0 Å². The Bertz CT molecular complexity index is 806. The van der Waals surface area contributed by atoms with Gasteiger partial charge < -0.3 is 4.84 Å². The van der Waals surface area contributed by atoms with Crippen molar-refractivity contribution in [2.24, 2.45) is 5.16 Å². The van der Waals surface area contributed by atoms with Gasteiger partial charge in [0, 0.05) is 5.56 Å². The van der Waals surface area contributed by atoms with E-state index in [9.17, 15) is 26.3 Å². The molecular formula is C19H17F6NO. The van der Waals surface area contributed by atoms with Gasteiger partial charge in [0.05, 0.1) is 16.8 Å². The number of nitrogens with zero attached hydrogens (tertiary/aromatic N) is 1. The van der Waals surface area contributed by atoms with Gasteiger partial charge in [0.1, 0.15) is 6.61 Å². The zero-order valence-corrected chi connectivity index (χ0v) is 14.6. The SMILES string of the molecule is CC/C(=N\OCc1ccc(C(F)(F)F)cc1)c1ccc(C)cc1C(F)(F)F. The van der Waals surface area contributed by atoms with Crippen molar-refractivity contribution in [1.29, 1.82) is 0 Å². The Labute approximate surface area is 152 Å². The Morgan fingerprint density at radius 1 is 0.926 bits per heavy atom. The fourth-order valence-corrected chi connectivity index (χ4v) is 2.42. The summed E-state index contributed by atoms with van der Waals surface area (Å²) >= 11 is 0. The predicted molar refractivity (Wildman–Crippen MR) is 89.2 cm³/mol. The third-order valence-electron chi connectivity index (χ3n) is 3.81. The summed E-state index contributed by atoms with van der Waals surface area (Å²) in [4.78, 5) is 5.09. The molecule has 0 unspecified atom stereocenters. The molecule has 27 heavy (non-hydrogen) atoms. The second-order valence-electron chi connectivity index (χ2n) is 5.91. The van der Waals surface area contributed by atoms with Gasteiger partial charge >= 0.3 is 12.4 Å². The standard InChI is InChI=1S/C19H17F6NO/c1-3-17(15-9-4-12(2)10-16(15)19(23,24)25)26-27-11-13-5-7-14(8-6-13)18(20,21)22/h4-10H,3,11H2,1-2H3/b26-17+. The Balaban J connectivity index is 2.18. The van der Waals surface area contributed by atoms with Crippen LogP contribution in [0.1, 0.15) is 41.2 Å². The Kier molecular flexibility index (Phi) is 6.18. The van der Waals surface area contributed by atoms with Crippen LogP contribution in [0.15, 0.2) is 47.6 Å². The van der Waals surface area contributed by atoms with Crippen molar-refractivity contribution in [2.45, 2.75) is 39.2 Å². The number of rotatable bonds is 5. The zero-order chi connectivity index (χ0) is 20.2. The maximum atomic E-state index is 13.3. The molecule has 2 nitrogen and oxygen atoms in total. The molecule has 0 aromatic heterocycles. The molecule has 0 aliphatic carbocycles. The number of oxime groups is 1. The van der Waals surface area contributed by atoms with Crippen molar-refractivity contribution in [3.8, 4) is 0 Å². The second kappa shape index (κ2) is 8.02. The summed E-state index contributed by atoms with van der Waals surface area (Å²) in [5.74, 6) is 0. The van der Waals surface area contributed by atoms with Crippen LogP contribution in [0.2, 0.25) is 0 Å². The van der Waals surface area contributed by atoms with Crippen LogP contribution in [0.25, 0.3) is 0 Å². The Morgan fingerprint density at radius 3 is 2.07 bits per heavy atom. The van der Waals surface area contributed by atoms with Gasteiger partial charge in [0.2, 0.25) is 0 Å². The van der Waals surface area contributed by atoms with Crippen LogP contribution in [0.5, 0.6) is 0 Å². The first kappa shape index (κ1) is 20.8. The summed E-state index contributed by atoms with van der Waals surface area (Å²) in [6.45, 7) is 3.04. The van der Waals surface area contributed by atoms with Crippen LogP contribution >= 0.6 is 0 Å². The maximum absolute atomic E-state index is 13.3. The summed E-state index contributed by atoms with van der Waals surface area (Å²) in [7, 11) is 0. The van der Waals surface area contributed by atoms with Crippen molar-refractivity contribution in [3.63, 3.8) is 0 Å². The minimum Gasteiger partial charge on any atom is -0.391 e. The highest BCUT2D eigenvalue weighted by atomic mass is 19.4. The first-order valence-electron chi connectivity index (χ1n) is 8.05. The Morgan fingerprint density at radius 2 is 1.56 bits per heavy atom. The molecule has 0 spiro atoms. The molecule has 2 rings (SSSR count). The lowest BCUT2D eigenvalue weighted by Gasteiger charge is -2.14. The third-order valence-corrected chi connectivity index (χ3v) is 3.81. The quantitative estimate of drug-likeness (QED) is 0.331. The fourth-order valence-electron chi connectivity index (χ4n) is 2.42. The molecule has 0 heterocycles. The van der Waals surface area contributed by atoms with Crippen molar-refractivity contribution in [1.82, 2.24) is 0 Å². The Hall–Kier alpha value is -2.51. The molecule has 0 saturated heterocycles. The summed E-state index contributed by atoms with van der Waals surface area (Å²) in [5, 5.41) is 3.78. The van der Waals surface area contributed by atoms with Crippen LogP contribution in [0, 0.1) is 6.92 Å². The van der Waals surface area contributed by atoms with E-state index in [0.717, 1.165) is 18.2 Å². The lowest BCUT2D eigenvalue weighted by Crippen LogP contribution is -2.14. The van der Waals surface area contributed by atoms with Gasteiger partial charge in [-0.2, -0.15) is 26.3 Å². The first-order valence-corrected chi connectivity index (χ1v) is 8.05. The molecule has 0 N–H and O–H groups in total. The molecule has 0 saturated carbocycles. The van der Waals surface area contributed by atoms with Crippen LogP contribution in [-0.4, -0.2) is 5.71 Å². The first-order chi connectivity index (χ1) is 12.5. The highest BCUT2D eigenvalue weighted by Crippen LogP contribution is 2.33. The smallest absolute Gasteiger partial charge is 0.391 e. The molecule has 0 bridgehead atoms. The monoisotopic (exact) mass is 389 g/mol. The minimum atomic E-state index is -4.54. The van der Waals surface area contributed by atoms with Crippen molar-refractivity contribution < 1.29 is 31.2 Å². The number of alkyl halides is 6. The molecule has 146 valence electrons. The molecule has 8 heteroatoms. The number of halogens is 6. The lowest BCUT2D eigenvalue weighted by molar-refractivity contribution is -0.138. The molecule has 0 fully saturated rings. The van der Waals surface area contributed by atoms with Gasteiger partial charge in [-0.3, -0.25) is 0 Å².